The third kappa shape index (κ3) is 3.26. The van der Waals surface area contributed by atoms with Crippen molar-refractivity contribution in [2.24, 2.45) is 0 Å². The fourth-order valence-corrected chi connectivity index (χ4v) is 3.34. The van der Waals surface area contributed by atoms with E-state index in [9.17, 15) is 9.59 Å². The van der Waals surface area contributed by atoms with Gasteiger partial charge in [0.05, 0.1) is 11.4 Å². The smallest absolute Gasteiger partial charge is 0.267 e. The number of carbonyl (C=O) groups is 2. The SMILES string of the molecule is Cc1nc(NC(=O)CCN2C(=O)C(C)Oc3ccccc32)sc1C. The van der Waals surface area contributed by atoms with Crippen molar-refractivity contribution in [1.82, 2.24) is 4.98 Å². The van der Waals surface area contributed by atoms with Crippen LogP contribution in [0.15, 0.2) is 24.3 Å². The molecular weight excluding hydrogens is 326 g/mol. The lowest BCUT2D eigenvalue weighted by Crippen LogP contribution is -2.45. The molecule has 1 aromatic heterocycles. The van der Waals surface area contributed by atoms with Crippen LogP contribution in [0.25, 0.3) is 0 Å². The van der Waals surface area contributed by atoms with E-state index >= 15 is 0 Å². The van der Waals surface area contributed by atoms with Crippen molar-refractivity contribution in [1.29, 1.82) is 0 Å². The van der Waals surface area contributed by atoms with Gasteiger partial charge in [0.25, 0.3) is 5.91 Å². The monoisotopic (exact) mass is 345 g/mol. The van der Waals surface area contributed by atoms with Crippen molar-refractivity contribution in [3.05, 3.63) is 34.8 Å². The number of anilines is 2. The molecule has 2 heterocycles. The Balaban J connectivity index is 1.67. The maximum absolute atomic E-state index is 12.4. The van der Waals surface area contributed by atoms with E-state index in [1.807, 2.05) is 38.1 Å². The van der Waals surface area contributed by atoms with E-state index in [2.05, 4.69) is 10.3 Å². The zero-order valence-electron chi connectivity index (χ0n) is 13.8. The number of thiazole rings is 1. The summed E-state index contributed by atoms with van der Waals surface area (Å²) in [4.78, 5) is 31.5. The first kappa shape index (κ1) is 16.4. The van der Waals surface area contributed by atoms with E-state index in [4.69, 9.17) is 4.74 Å². The number of hydrogen-bond acceptors (Lipinski definition) is 5. The number of aromatic nitrogens is 1. The summed E-state index contributed by atoms with van der Waals surface area (Å²) < 4.78 is 5.59. The van der Waals surface area contributed by atoms with E-state index in [0.29, 0.717) is 23.1 Å². The zero-order valence-corrected chi connectivity index (χ0v) is 14.6. The molecule has 0 bridgehead atoms. The number of para-hydroxylation sites is 2. The number of amides is 2. The number of benzene rings is 1. The Hall–Kier alpha value is -2.41. The number of carbonyl (C=O) groups excluding carboxylic acids is 2. The molecule has 24 heavy (non-hydrogen) atoms. The van der Waals surface area contributed by atoms with Crippen LogP contribution in [0.3, 0.4) is 0 Å². The third-order valence-corrected chi connectivity index (χ3v) is 4.90. The van der Waals surface area contributed by atoms with Gasteiger partial charge in [-0.05, 0) is 32.9 Å². The number of aryl methyl sites for hydroxylation is 2. The van der Waals surface area contributed by atoms with Gasteiger partial charge in [-0.25, -0.2) is 4.98 Å². The summed E-state index contributed by atoms with van der Waals surface area (Å²) in [5, 5.41) is 3.39. The molecule has 1 aromatic carbocycles. The van der Waals surface area contributed by atoms with E-state index < -0.39 is 6.10 Å². The summed E-state index contributed by atoms with van der Waals surface area (Å²) in [7, 11) is 0. The molecule has 0 saturated carbocycles. The number of rotatable bonds is 4. The lowest BCUT2D eigenvalue weighted by molar-refractivity contribution is -0.125. The molecule has 0 fully saturated rings. The molecule has 126 valence electrons. The van der Waals surface area contributed by atoms with Crippen molar-refractivity contribution in [2.75, 3.05) is 16.8 Å². The van der Waals surface area contributed by atoms with Gasteiger partial charge in [-0.2, -0.15) is 0 Å². The first-order valence-corrected chi connectivity index (χ1v) is 8.58. The van der Waals surface area contributed by atoms with Crippen molar-refractivity contribution in [3.8, 4) is 5.75 Å². The first-order valence-electron chi connectivity index (χ1n) is 7.76. The summed E-state index contributed by atoms with van der Waals surface area (Å²) in [6, 6.07) is 7.36. The zero-order chi connectivity index (χ0) is 17.3. The Labute approximate surface area is 144 Å². The molecule has 0 aliphatic carbocycles. The molecule has 0 radical (unpaired) electrons. The van der Waals surface area contributed by atoms with Gasteiger partial charge < -0.3 is 15.0 Å². The van der Waals surface area contributed by atoms with Gasteiger partial charge >= 0.3 is 0 Å². The van der Waals surface area contributed by atoms with Crippen molar-refractivity contribution >= 4 is 34.0 Å². The minimum absolute atomic E-state index is 0.137. The molecule has 6 nitrogen and oxygen atoms in total. The van der Waals surface area contributed by atoms with Gasteiger partial charge in [-0.3, -0.25) is 9.59 Å². The Morgan fingerprint density at radius 2 is 2.12 bits per heavy atom. The molecule has 1 aliphatic rings. The van der Waals surface area contributed by atoms with Crippen LogP contribution in [-0.2, 0) is 9.59 Å². The van der Waals surface area contributed by atoms with Crippen molar-refractivity contribution in [3.63, 3.8) is 0 Å². The van der Waals surface area contributed by atoms with Gasteiger partial charge in [0.2, 0.25) is 5.91 Å². The summed E-state index contributed by atoms with van der Waals surface area (Å²) in [5.41, 5.74) is 1.62. The van der Waals surface area contributed by atoms with Crippen LogP contribution in [0, 0.1) is 13.8 Å². The van der Waals surface area contributed by atoms with Gasteiger partial charge in [0.1, 0.15) is 5.75 Å². The molecule has 7 heteroatoms. The van der Waals surface area contributed by atoms with Crippen molar-refractivity contribution in [2.45, 2.75) is 33.3 Å². The van der Waals surface area contributed by atoms with Crippen LogP contribution in [0.5, 0.6) is 5.75 Å². The van der Waals surface area contributed by atoms with E-state index in [1.54, 1.807) is 11.8 Å². The second-order valence-corrected chi connectivity index (χ2v) is 6.88. The first-order chi connectivity index (χ1) is 11.5. The molecule has 0 saturated heterocycles. The van der Waals surface area contributed by atoms with E-state index in [-0.39, 0.29) is 18.2 Å². The molecule has 1 unspecified atom stereocenters. The van der Waals surface area contributed by atoms with Crippen molar-refractivity contribution < 1.29 is 14.3 Å². The molecule has 2 aromatic rings. The highest BCUT2D eigenvalue weighted by atomic mass is 32.1. The molecular formula is C17H19N3O3S. The summed E-state index contributed by atoms with van der Waals surface area (Å²) in [6.07, 6.45) is -0.350. The minimum atomic E-state index is -0.549. The molecule has 1 N–H and O–H groups in total. The lowest BCUT2D eigenvalue weighted by Gasteiger charge is -2.32. The van der Waals surface area contributed by atoms with E-state index in [1.165, 1.54) is 11.3 Å². The number of nitrogens with one attached hydrogen (secondary N) is 1. The van der Waals surface area contributed by atoms with Gasteiger partial charge in [-0.15, -0.1) is 11.3 Å². The Kier molecular flexibility index (Phi) is 4.53. The predicted octanol–water partition coefficient (Wildman–Crippen LogP) is 2.90. The second-order valence-electron chi connectivity index (χ2n) is 5.68. The maximum atomic E-state index is 12.4. The summed E-state index contributed by atoms with van der Waals surface area (Å²) in [5.74, 6) is 0.367. The fraction of sp³-hybridized carbons (Fsp3) is 0.353. The highest BCUT2D eigenvalue weighted by Gasteiger charge is 2.31. The standard InChI is InChI=1S/C17H19N3O3S/c1-10-12(3)24-17(18-10)19-15(21)8-9-20-13-6-4-5-7-14(13)23-11(2)16(20)22/h4-7,11H,8-9H2,1-3H3,(H,18,19,21). The molecule has 3 rings (SSSR count). The molecule has 0 spiro atoms. The number of nitrogens with zero attached hydrogens (tertiary/aromatic N) is 2. The van der Waals surface area contributed by atoms with Gasteiger partial charge in [0, 0.05) is 17.8 Å². The van der Waals surface area contributed by atoms with Gasteiger partial charge in [-0.1, -0.05) is 12.1 Å². The quantitative estimate of drug-likeness (QED) is 0.925. The molecule has 1 aliphatic heterocycles. The Bertz CT molecular complexity index is 768. The Morgan fingerprint density at radius 1 is 1.38 bits per heavy atom. The van der Waals surface area contributed by atoms with Crippen LogP contribution in [0.1, 0.15) is 23.9 Å². The summed E-state index contributed by atoms with van der Waals surface area (Å²) >= 11 is 1.45. The highest BCUT2D eigenvalue weighted by Crippen LogP contribution is 2.33. The maximum Gasteiger partial charge on any atom is 0.267 e. The molecule has 2 amide bonds. The van der Waals surface area contributed by atoms with Crippen LogP contribution < -0.4 is 15.0 Å². The topological polar surface area (TPSA) is 71.5 Å². The number of ether oxygens (including phenoxy) is 1. The second kappa shape index (κ2) is 6.60. The third-order valence-electron chi connectivity index (χ3n) is 3.91. The van der Waals surface area contributed by atoms with Crippen LogP contribution in [0.4, 0.5) is 10.8 Å². The average Bonchev–Trinajstić information content (AvgIpc) is 2.85. The summed E-state index contributed by atoms with van der Waals surface area (Å²) in [6.45, 7) is 5.89. The normalized spacial score (nSPS) is 16.5. The van der Waals surface area contributed by atoms with Gasteiger partial charge in [0.15, 0.2) is 11.2 Å². The lowest BCUT2D eigenvalue weighted by atomic mass is 10.1. The van der Waals surface area contributed by atoms with Crippen LogP contribution in [0.2, 0.25) is 0 Å². The number of hydrogen-bond donors (Lipinski definition) is 1. The van der Waals surface area contributed by atoms with Crippen LogP contribution in [-0.4, -0.2) is 29.4 Å². The minimum Gasteiger partial charge on any atom is -0.479 e. The number of fused-ring (bicyclic) bond motifs is 1. The predicted molar refractivity (Wildman–Crippen MR) is 93.7 cm³/mol. The Morgan fingerprint density at radius 3 is 2.83 bits per heavy atom. The van der Waals surface area contributed by atoms with E-state index in [0.717, 1.165) is 10.6 Å². The average molecular weight is 345 g/mol. The highest BCUT2D eigenvalue weighted by molar-refractivity contribution is 7.15. The molecule has 1 atom stereocenters. The largest absolute Gasteiger partial charge is 0.479 e. The fourth-order valence-electron chi connectivity index (χ4n) is 2.51. The van der Waals surface area contributed by atoms with Crippen LogP contribution >= 0.6 is 11.3 Å².